The summed E-state index contributed by atoms with van der Waals surface area (Å²) in [6, 6.07) is 13.4. The van der Waals surface area contributed by atoms with Gasteiger partial charge >= 0.3 is 0 Å². The molecule has 8 heteroatoms. The van der Waals surface area contributed by atoms with Gasteiger partial charge < -0.3 is 15.2 Å². The van der Waals surface area contributed by atoms with Gasteiger partial charge in [-0.15, -0.1) is 11.8 Å². The molecule has 2 N–H and O–H groups in total. The molecular formula is C22H21ClN4O2S. The smallest absolute Gasteiger partial charge is 0.238 e. The molecule has 5 rings (SSSR count). The first-order valence-corrected chi connectivity index (χ1v) is 11.3. The molecule has 6 nitrogen and oxygen atoms in total. The van der Waals surface area contributed by atoms with Crippen molar-refractivity contribution in [1.82, 2.24) is 14.9 Å². The quantitative estimate of drug-likeness (QED) is 0.631. The fraction of sp³-hybridized carbons (Fsp3) is 0.318. The van der Waals surface area contributed by atoms with Crippen molar-refractivity contribution >= 4 is 51.9 Å². The highest BCUT2D eigenvalue weighted by Crippen LogP contribution is 2.38. The van der Waals surface area contributed by atoms with Gasteiger partial charge in [-0.1, -0.05) is 23.7 Å². The number of carbonyl (C=O) groups excluding carboxylic acids is 2. The lowest BCUT2D eigenvalue weighted by Gasteiger charge is -2.33. The Morgan fingerprint density at radius 1 is 1.27 bits per heavy atom. The highest BCUT2D eigenvalue weighted by atomic mass is 35.5. The van der Waals surface area contributed by atoms with E-state index in [0.717, 1.165) is 41.1 Å². The highest BCUT2D eigenvalue weighted by molar-refractivity contribution is 8.01. The number of aromatic amines is 1. The van der Waals surface area contributed by atoms with Crippen molar-refractivity contribution in [2.24, 2.45) is 0 Å². The topological polar surface area (TPSA) is 78.1 Å². The Morgan fingerprint density at radius 2 is 2.13 bits per heavy atom. The van der Waals surface area contributed by atoms with Crippen LogP contribution in [-0.4, -0.2) is 45.0 Å². The molecule has 1 fully saturated rings. The molecule has 0 radical (unpaired) electrons. The number of nitrogens with one attached hydrogen (secondary N) is 2. The zero-order valence-corrected chi connectivity index (χ0v) is 17.8. The van der Waals surface area contributed by atoms with E-state index in [2.05, 4.69) is 10.3 Å². The highest BCUT2D eigenvalue weighted by Gasteiger charge is 2.33. The lowest BCUT2D eigenvalue weighted by atomic mass is 9.97. The maximum atomic E-state index is 13.0. The third kappa shape index (κ3) is 3.79. The van der Waals surface area contributed by atoms with Crippen molar-refractivity contribution in [3.05, 3.63) is 53.3 Å². The number of likely N-dealkylation sites (tertiary alicyclic amines) is 1. The molecule has 2 aliphatic heterocycles. The maximum absolute atomic E-state index is 13.0. The van der Waals surface area contributed by atoms with Crippen LogP contribution in [0.2, 0.25) is 5.02 Å². The summed E-state index contributed by atoms with van der Waals surface area (Å²) in [6.07, 6.45) is 2.11. The number of anilines is 1. The first-order chi connectivity index (χ1) is 14.6. The van der Waals surface area contributed by atoms with Crippen LogP contribution in [0, 0.1) is 0 Å². The Balaban J connectivity index is 1.27. The van der Waals surface area contributed by atoms with Gasteiger partial charge in [-0.25, -0.2) is 4.98 Å². The van der Waals surface area contributed by atoms with Gasteiger partial charge in [0.2, 0.25) is 11.8 Å². The number of piperidine rings is 1. The lowest BCUT2D eigenvalue weighted by molar-refractivity contribution is -0.133. The molecule has 0 bridgehead atoms. The van der Waals surface area contributed by atoms with E-state index in [-0.39, 0.29) is 24.2 Å². The van der Waals surface area contributed by atoms with Crippen molar-refractivity contribution in [3.63, 3.8) is 0 Å². The van der Waals surface area contributed by atoms with Crippen LogP contribution in [0.3, 0.4) is 0 Å². The SMILES string of the molecule is O=C1Nc2cc(Cl)ccc2SC1CC(=O)N1CCCC(c2nc3ccccc3[nH]2)C1. The molecule has 1 saturated heterocycles. The summed E-state index contributed by atoms with van der Waals surface area (Å²) in [5.74, 6) is 0.991. The Hall–Kier alpha value is -2.51. The zero-order chi connectivity index (χ0) is 20.7. The van der Waals surface area contributed by atoms with Gasteiger partial charge in [-0.05, 0) is 43.2 Å². The van der Waals surface area contributed by atoms with Crippen molar-refractivity contribution in [1.29, 1.82) is 0 Å². The van der Waals surface area contributed by atoms with E-state index < -0.39 is 5.25 Å². The average Bonchev–Trinajstić information content (AvgIpc) is 3.19. The molecule has 0 saturated carbocycles. The van der Waals surface area contributed by atoms with Crippen LogP contribution in [0.4, 0.5) is 5.69 Å². The molecule has 2 atom stereocenters. The minimum absolute atomic E-state index is 0.0147. The summed E-state index contributed by atoms with van der Waals surface area (Å²) >= 11 is 7.44. The van der Waals surface area contributed by atoms with Gasteiger partial charge in [0.15, 0.2) is 0 Å². The summed E-state index contributed by atoms with van der Waals surface area (Å²) in [4.78, 5) is 36.5. The monoisotopic (exact) mass is 440 g/mol. The van der Waals surface area contributed by atoms with E-state index in [1.54, 1.807) is 12.1 Å². The molecule has 2 aromatic carbocycles. The molecule has 1 aromatic heterocycles. The number of fused-ring (bicyclic) bond motifs is 2. The first kappa shape index (κ1) is 19.5. The summed E-state index contributed by atoms with van der Waals surface area (Å²) < 4.78 is 0. The van der Waals surface area contributed by atoms with Crippen LogP contribution < -0.4 is 5.32 Å². The van der Waals surface area contributed by atoms with E-state index in [1.807, 2.05) is 35.2 Å². The molecule has 30 heavy (non-hydrogen) atoms. The largest absolute Gasteiger partial charge is 0.342 e. The second-order valence-electron chi connectivity index (χ2n) is 7.76. The molecule has 0 aliphatic carbocycles. The molecule has 154 valence electrons. The normalized spacial score (nSPS) is 21.4. The average molecular weight is 441 g/mol. The second kappa shape index (κ2) is 7.96. The first-order valence-electron chi connectivity index (χ1n) is 10.1. The van der Waals surface area contributed by atoms with Gasteiger partial charge in [0.05, 0.1) is 22.0 Å². The van der Waals surface area contributed by atoms with Crippen molar-refractivity contribution in [3.8, 4) is 0 Å². The number of nitrogens with zero attached hydrogens (tertiary/aromatic N) is 2. The van der Waals surface area contributed by atoms with E-state index in [1.165, 1.54) is 11.8 Å². The van der Waals surface area contributed by atoms with Crippen molar-refractivity contribution in [2.75, 3.05) is 18.4 Å². The van der Waals surface area contributed by atoms with E-state index in [4.69, 9.17) is 16.6 Å². The van der Waals surface area contributed by atoms with Crippen LogP contribution in [0.5, 0.6) is 0 Å². The lowest BCUT2D eigenvalue weighted by Crippen LogP contribution is -2.42. The van der Waals surface area contributed by atoms with E-state index >= 15 is 0 Å². The minimum atomic E-state index is -0.433. The predicted octanol–water partition coefficient (Wildman–Crippen LogP) is 4.43. The van der Waals surface area contributed by atoms with Gasteiger partial charge in [-0.3, -0.25) is 9.59 Å². The maximum Gasteiger partial charge on any atom is 0.238 e. The summed E-state index contributed by atoms with van der Waals surface area (Å²) in [6.45, 7) is 1.35. The Bertz CT molecular complexity index is 1100. The van der Waals surface area contributed by atoms with E-state index in [9.17, 15) is 9.59 Å². The van der Waals surface area contributed by atoms with Gasteiger partial charge in [0.25, 0.3) is 0 Å². The number of amides is 2. The Labute approximate surface area is 183 Å². The standard InChI is InChI=1S/C22H21ClN4O2S/c23-14-7-8-18-17(10-14)26-22(29)19(30-18)11-20(28)27-9-3-4-13(12-27)21-24-15-5-1-2-6-16(15)25-21/h1-2,5-8,10,13,19H,3-4,9,11-12H2,(H,24,25)(H,26,29). The van der Waals surface area contributed by atoms with Gasteiger partial charge in [-0.2, -0.15) is 0 Å². The second-order valence-corrected chi connectivity index (χ2v) is 9.44. The van der Waals surface area contributed by atoms with Crippen molar-refractivity contribution in [2.45, 2.75) is 35.3 Å². The number of benzene rings is 2. The van der Waals surface area contributed by atoms with Crippen LogP contribution in [-0.2, 0) is 9.59 Å². The fourth-order valence-electron chi connectivity index (χ4n) is 4.14. The molecule has 0 spiro atoms. The number of halogens is 1. The number of para-hydroxylation sites is 2. The zero-order valence-electron chi connectivity index (χ0n) is 16.2. The third-order valence-electron chi connectivity index (χ3n) is 5.69. The van der Waals surface area contributed by atoms with Crippen LogP contribution >= 0.6 is 23.4 Å². The van der Waals surface area contributed by atoms with Crippen LogP contribution in [0.1, 0.15) is 31.0 Å². The molecule has 2 unspecified atom stereocenters. The predicted molar refractivity (Wildman–Crippen MR) is 119 cm³/mol. The minimum Gasteiger partial charge on any atom is -0.342 e. The van der Waals surface area contributed by atoms with Crippen LogP contribution in [0.15, 0.2) is 47.4 Å². The fourth-order valence-corrected chi connectivity index (χ4v) is 5.39. The van der Waals surface area contributed by atoms with E-state index in [0.29, 0.717) is 17.3 Å². The van der Waals surface area contributed by atoms with Gasteiger partial charge in [0.1, 0.15) is 5.82 Å². The summed E-state index contributed by atoms with van der Waals surface area (Å²) in [5, 5.41) is 3.02. The number of hydrogen-bond donors (Lipinski definition) is 2. The third-order valence-corrected chi connectivity index (χ3v) is 7.20. The molecular weight excluding hydrogens is 420 g/mol. The molecule has 3 heterocycles. The molecule has 3 aromatic rings. The summed E-state index contributed by atoms with van der Waals surface area (Å²) in [5.41, 5.74) is 2.68. The number of imidazole rings is 1. The number of carbonyl (C=O) groups is 2. The molecule has 2 amide bonds. The van der Waals surface area contributed by atoms with Gasteiger partial charge in [0, 0.05) is 35.3 Å². The van der Waals surface area contributed by atoms with Crippen molar-refractivity contribution < 1.29 is 9.59 Å². The number of H-pyrrole nitrogens is 1. The Kier molecular flexibility index (Phi) is 5.16. The summed E-state index contributed by atoms with van der Waals surface area (Å²) in [7, 11) is 0. The van der Waals surface area contributed by atoms with Crippen LogP contribution in [0.25, 0.3) is 11.0 Å². The number of thioether (sulfide) groups is 1. The Morgan fingerprint density at radius 3 is 3.00 bits per heavy atom. The number of aromatic nitrogens is 2. The number of rotatable bonds is 3. The molecule has 2 aliphatic rings. The number of hydrogen-bond acceptors (Lipinski definition) is 4.